The van der Waals surface area contributed by atoms with E-state index in [9.17, 15) is 4.79 Å². The molecule has 0 saturated carbocycles. The van der Waals surface area contributed by atoms with Crippen molar-refractivity contribution in [3.63, 3.8) is 0 Å². The Morgan fingerprint density at radius 1 is 1.65 bits per heavy atom. The summed E-state index contributed by atoms with van der Waals surface area (Å²) in [4.78, 5) is 17.1. The first-order valence-electron chi connectivity index (χ1n) is 6.33. The van der Waals surface area contributed by atoms with Gasteiger partial charge in [0.2, 0.25) is 11.8 Å². The summed E-state index contributed by atoms with van der Waals surface area (Å²) in [5.74, 6) is 0.953. The van der Waals surface area contributed by atoms with Gasteiger partial charge in [0, 0.05) is 0 Å². The predicted octanol–water partition coefficient (Wildman–Crippen LogP) is 2.67. The molecule has 104 valence electrons. The van der Waals surface area contributed by atoms with Crippen LogP contribution in [0.1, 0.15) is 24.8 Å². The number of carbonyl (C=O) groups excluding carboxylic acids is 1. The fourth-order valence-electron chi connectivity index (χ4n) is 1.72. The topological polar surface area (TPSA) is 78.9 Å². The van der Waals surface area contributed by atoms with Crippen LogP contribution in [0.2, 0.25) is 0 Å². The van der Waals surface area contributed by atoms with Crippen molar-refractivity contribution in [2.75, 3.05) is 0 Å². The number of carbonyl (C=O) groups is 1. The maximum Gasteiger partial charge on any atom is 0.236 e. The van der Waals surface area contributed by atoms with Gasteiger partial charge in [-0.3, -0.25) is 4.79 Å². The maximum absolute atomic E-state index is 11.8. The van der Waals surface area contributed by atoms with Crippen LogP contribution in [-0.2, 0) is 11.2 Å². The molecule has 0 aliphatic rings. The molecule has 0 aromatic carbocycles. The fraction of sp³-hybridized carbons (Fsp3) is 0.357. The van der Waals surface area contributed by atoms with E-state index < -0.39 is 6.04 Å². The minimum atomic E-state index is -0.452. The minimum absolute atomic E-state index is 0.124. The molecule has 0 bridgehead atoms. The van der Waals surface area contributed by atoms with Gasteiger partial charge in [0.25, 0.3) is 0 Å². The third kappa shape index (κ3) is 3.25. The van der Waals surface area contributed by atoms with Crippen LogP contribution in [0.15, 0.2) is 21.9 Å². The van der Waals surface area contributed by atoms with Gasteiger partial charge in [-0.15, -0.1) is 11.3 Å². The standard InChI is InChI=1S/C14H15N3O2S/c1-3-10(8-15)16-13(18)7-11-9(2)19-14(17-11)12-5-4-6-20-12/h4-6,10H,3,7H2,1-2H3,(H,16,18). The minimum Gasteiger partial charge on any atom is -0.440 e. The van der Waals surface area contributed by atoms with Crippen molar-refractivity contribution >= 4 is 17.2 Å². The number of oxazole rings is 1. The summed E-state index contributed by atoms with van der Waals surface area (Å²) >= 11 is 1.53. The number of rotatable bonds is 5. The molecule has 0 saturated heterocycles. The van der Waals surface area contributed by atoms with E-state index in [1.54, 1.807) is 6.92 Å². The highest BCUT2D eigenvalue weighted by molar-refractivity contribution is 7.13. The van der Waals surface area contributed by atoms with E-state index in [1.807, 2.05) is 30.5 Å². The van der Waals surface area contributed by atoms with Crippen LogP contribution in [0.25, 0.3) is 10.8 Å². The number of aromatic nitrogens is 1. The van der Waals surface area contributed by atoms with Crippen molar-refractivity contribution in [1.29, 1.82) is 5.26 Å². The Labute approximate surface area is 121 Å². The SMILES string of the molecule is CCC(C#N)NC(=O)Cc1nc(-c2cccs2)oc1C. The fourth-order valence-corrected chi connectivity index (χ4v) is 2.37. The van der Waals surface area contributed by atoms with Crippen molar-refractivity contribution < 1.29 is 9.21 Å². The summed E-state index contributed by atoms with van der Waals surface area (Å²) in [5, 5.41) is 13.4. The normalized spacial score (nSPS) is 11.8. The van der Waals surface area contributed by atoms with Gasteiger partial charge in [0.15, 0.2) is 0 Å². The Morgan fingerprint density at radius 3 is 3.05 bits per heavy atom. The van der Waals surface area contributed by atoms with Crippen molar-refractivity contribution in [2.45, 2.75) is 32.7 Å². The highest BCUT2D eigenvalue weighted by atomic mass is 32.1. The Bertz CT molecular complexity index is 625. The lowest BCUT2D eigenvalue weighted by atomic mass is 10.2. The van der Waals surface area contributed by atoms with E-state index in [0.29, 0.717) is 23.8 Å². The molecule has 5 nitrogen and oxygen atoms in total. The van der Waals surface area contributed by atoms with E-state index in [0.717, 1.165) is 4.88 Å². The van der Waals surface area contributed by atoms with Gasteiger partial charge in [-0.05, 0) is 24.8 Å². The van der Waals surface area contributed by atoms with Gasteiger partial charge in [-0.2, -0.15) is 5.26 Å². The van der Waals surface area contributed by atoms with Crippen LogP contribution >= 0.6 is 11.3 Å². The van der Waals surface area contributed by atoms with Gasteiger partial charge < -0.3 is 9.73 Å². The predicted molar refractivity (Wildman–Crippen MR) is 76.1 cm³/mol. The zero-order valence-electron chi connectivity index (χ0n) is 11.3. The number of nitrogens with one attached hydrogen (secondary N) is 1. The zero-order chi connectivity index (χ0) is 14.5. The largest absolute Gasteiger partial charge is 0.440 e. The van der Waals surface area contributed by atoms with Crippen LogP contribution < -0.4 is 5.32 Å². The molecule has 6 heteroatoms. The molecule has 20 heavy (non-hydrogen) atoms. The van der Waals surface area contributed by atoms with Crippen molar-refractivity contribution in [1.82, 2.24) is 10.3 Å². The molecule has 2 rings (SSSR count). The van der Waals surface area contributed by atoms with Crippen LogP contribution in [0.3, 0.4) is 0 Å². The molecule has 1 amide bonds. The highest BCUT2D eigenvalue weighted by Crippen LogP contribution is 2.25. The van der Waals surface area contributed by atoms with Gasteiger partial charge in [-0.25, -0.2) is 4.98 Å². The third-order valence-corrected chi connectivity index (χ3v) is 3.71. The highest BCUT2D eigenvalue weighted by Gasteiger charge is 2.16. The second kappa shape index (κ2) is 6.35. The summed E-state index contributed by atoms with van der Waals surface area (Å²) in [6.07, 6.45) is 0.708. The molecular formula is C14H15N3O2S. The monoisotopic (exact) mass is 289 g/mol. The zero-order valence-corrected chi connectivity index (χ0v) is 12.2. The molecule has 1 unspecified atom stereocenters. The Hall–Kier alpha value is -2.13. The molecule has 2 aromatic heterocycles. The quantitative estimate of drug-likeness (QED) is 0.917. The Kier molecular flexibility index (Phi) is 4.53. The number of nitriles is 1. The summed E-state index contributed by atoms with van der Waals surface area (Å²) in [5.41, 5.74) is 0.610. The van der Waals surface area contributed by atoms with Gasteiger partial charge >= 0.3 is 0 Å². The number of amides is 1. The number of thiophene rings is 1. The first-order chi connectivity index (χ1) is 9.63. The smallest absolute Gasteiger partial charge is 0.236 e. The van der Waals surface area contributed by atoms with Crippen molar-refractivity contribution in [2.24, 2.45) is 0 Å². The van der Waals surface area contributed by atoms with E-state index >= 15 is 0 Å². The molecule has 0 aliphatic heterocycles. The number of hydrogen-bond donors (Lipinski definition) is 1. The molecule has 1 N–H and O–H groups in total. The molecule has 2 heterocycles. The first kappa shape index (κ1) is 14.3. The van der Waals surface area contributed by atoms with E-state index in [1.165, 1.54) is 11.3 Å². The molecule has 1 atom stereocenters. The van der Waals surface area contributed by atoms with Gasteiger partial charge in [-0.1, -0.05) is 13.0 Å². The average molecular weight is 289 g/mol. The first-order valence-corrected chi connectivity index (χ1v) is 7.21. The number of aryl methyl sites for hydroxylation is 1. The number of nitrogens with zero attached hydrogens (tertiary/aromatic N) is 2. The lowest BCUT2D eigenvalue weighted by Gasteiger charge is -2.07. The molecular weight excluding hydrogens is 274 g/mol. The summed E-state index contributed by atoms with van der Waals surface area (Å²) in [7, 11) is 0. The Morgan fingerprint density at radius 2 is 2.45 bits per heavy atom. The van der Waals surface area contributed by atoms with Crippen LogP contribution in [0.4, 0.5) is 0 Å². The molecule has 0 radical (unpaired) electrons. The summed E-state index contributed by atoms with van der Waals surface area (Å²) < 4.78 is 5.57. The third-order valence-electron chi connectivity index (χ3n) is 2.85. The maximum atomic E-state index is 11.8. The summed E-state index contributed by atoms with van der Waals surface area (Å²) in [6, 6.07) is 5.42. The van der Waals surface area contributed by atoms with Crippen LogP contribution in [-0.4, -0.2) is 16.9 Å². The van der Waals surface area contributed by atoms with Crippen LogP contribution in [0.5, 0.6) is 0 Å². The van der Waals surface area contributed by atoms with Crippen molar-refractivity contribution in [3.8, 4) is 16.8 Å². The van der Waals surface area contributed by atoms with E-state index in [-0.39, 0.29) is 12.3 Å². The van der Waals surface area contributed by atoms with Gasteiger partial charge in [0.1, 0.15) is 11.8 Å². The van der Waals surface area contributed by atoms with Crippen LogP contribution in [0, 0.1) is 18.3 Å². The second-order valence-corrected chi connectivity index (χ2v) is 5.28. The number of hydrogen-bond acceptors (Lipinski definition) is 5. The lowest BCUT2D eigenvalue weighted by Crippen LogP contribution is -2.34. The summed E-state index contributed by atoms with van der Waals surface area (Å²) in [6.45, 7) is 3.64. The molecule has 0 aliphatic carbocycles. The second-order valence-electron chi connectivity index (χ2n) is 4.33. The van der Waals surface area contributed by atoms with E-state index in [4.69, 9.17) is 9.68 Å². The van der Waals surface area contributed by atoms with Gasteiger partial charge in [0.05, 0.1) is 23.1 Å². The van der Waals surface area contributed by atoms with E-state index in [2.05, 4.69) is 10.3 Å². The Balaban J connectivity index is 2.07. The average Bonchev–Trinajstić information content (AvgIpc) is 3.06. The van der Waals surface area contributed by atoms with Crippen molar-refractivity contribution in [3.05, 3.63) is 29.0 Å². The molecule has 0 fully saturated rings. The molecule has 2 aromatic rings. The lowest BCUT2D eigenvalue weighted by molar-refractivity contribution is -0.120. The molecule has 0 spiro atoms.